The second-order valence-electron chi connectivity index (χ2n) is 5.34. The normalized spacial score (nSPS) is 11.6. The van der Waals surface area contributed by atoms with E-state index in [1.807, 2.05) is 0 Å². The first-order valence-electron chi connectivity index (χ1n) is 6.95. The molecule has 3 aromatic rings. The molecular formula is C16H13FN2O4S. The van der Waals surface area contributed by atoms with Crippen molar-refractivity contribution in [1.82, 2.24) is 10.2 Å². The topological polar surface area (TPSA) is 93.3 Å². The zero-order chi connectivity index (χ0) is 17.5. The molecule has 6 nitrogen and oxygen atoms in total. The number of benzene rings is 2. The third-order valence-corrected chi connectivity index (χ3v) is 4.34. The molecule has 2 aromatic carbocycles. The molecule has 0 saturated heterocycles. The Balaban J connectivity index is 2.03. The molecule has 0 fully saturated rings. The average Bonchev–Trinajstić information content (AvgIpc) is 3.01. The lowest BCUT2D eigenvalue weighted by atomic mass is 10.1. The van der Waals surface area contributed by atoms with Crippen molar-refractivity contribution in [3.8, 4) is 28.7 Å². The summed E-state index contributed by atoms with van der Waals surface area (Å²) in [6.45, 7) is 3.50. The molecule has 1 N–H and O–H groups in total. The lowest BCUT2D eigenvalue weighted by Crippen LogP contribution is -1.92. The number of aromatic nitrogens is 2. The molecule has 3 rings (SSSR count). The van der Waals surface area contributed by atoms with E-state index in [0.29, 0.717) is 22.3 Å². The summed E-state index contributed by atoms with van der Waals surface area (Å²) < 4.78 is 40.6. The van der Waals surface area contributed by atoms with Crippen LogP contribution in [0.4, 0.5) is 3.89 Å². The zero-order valence-corrected chi connectivity index (χ0v) is 13.6. The van der Waals surface area contributed by atoms with Crippen molar-refractivity contribution >= 4 is 10.2 Å². The lowest BCUT2D eigenvalue weighted by Gasteiger charge is -2.04. The highest BCUT2D eigenvalue weighted by Gasteiger charge is 2.16. The largest absolute Gasteiger partial charge is 0.507 e. The van der Waals surface area contributed by atoms with Crippen molar-refractivity contribution in [3.63, 3.8) is 0 Å². The molecule has 0 amide bonds. The van der Waals surface area contributed by atoms with Crippen LogP contribution in [0.5, 0.6) is 5.75 Å². The Kier molecular flexibility index (Phi) is 3.84. The molecular weight excluding hydrogens is 335 g/mol. The number of aromatic hydroxyl groups is 1. The highest BCUT2D eigenvalue weighted by Crippen LogP contribution is 2.30. The summed E-state index contributed by atoms with van der Waals surface area (Å²) in [5, 5.41) is 17.6. The van der Waals surface area contributed by atoms with Crippen LogP contribution in [-0.4, -0.2) is 23.7 Å². The fourth-order valence-electron chi connectivity index (χ4n) is 2.32. The standard InChI is InChI=1S/C16H13FN2O4S/c1-9-6-12(7-10(2)14(9)20)16-19-18-15(23-16)11-4-3-5-13(8-11)24(17,21)22/h3-8,20H,1-2H3. The Morgan fingerprint density at radius 3 is 2.17 bits per heavy atom. The van der Waals surface area contributed by atoms with Gasteiger partial charge >= 0.3 is 10.2 Å². The molecule has 8 heteroatoms. The molecule has 0 aliphatic carbocycles. The van der Waals surface area contributed by atoms with Crippen molar-refractivity contribution in [2.24, 2.45) is 0 Å². The average molecular weight is 348 g/mol. The van der Waals surface area contributed by atoms with Crippen LogP contribution in [0.15, 0.2) is 45.7 Å². The van der Waals surface area contributed by atoms with E-state index in [2.05, 4.69) is 10.2 Å². The predicted molar refractivity (Wildman–Crippen MR) is 84.6 cm³/mol. The number of hydrogen-bond acceptors (Lipinski definition) is 6. The minimum Gasteiger partial charge on any atom is -0.507 e. The number of hydrogen-bond donors (Lipinski definition) is 1. The van der Waals surface area contributed by atoms with Gasteiger partial charge in [0.1, 0.15) is 5.75 Å². The van der Waals surface area contributed by atoms with Gasteiger partial charge in [0.2, 0.25) is 11.8 Å². The number of aryl methyl sites for hydroxylation is 2. The molecule has 0 spiro atoms. The molecule has 0 aliphatic heterocycles. The van der Waals surface area contributed by atoms with Gasteiger partial charge in [0.15, 0.2) is 0 Å². The molecule has 24 heavy (non-hydrogen) atoms. The molecule has 0 unspecified atom stereocenters. The van der Waals surface area contributed by atoms with E-state index in [-0.39, 0.29) is 17.5 Å². The molecule has 124 valence electrons. The predicted octanol–water partition coefficient (Wildman–Crippen LogP) is 3.38. The van der Waals surface area contributed by atoms with Crippen LogP contribution in [0.3, 0.4) is 0 Å². The summed E-state index contributed by atoms with van der Waals surface area (Å²) in [5.74, 6) is 0.475. The van der Waals surface area contributed by atoms with E-state index >= 15 is 0 Å². The molecule has 1 aromatic heterocycles. The summed E-state index contributed by atoms with van der Waals surface area (Å²) in [6.07, 6.45) is 0. The maximum atomic E-state index is 13.1. The Morgan fingerprint density at radius 2 is 1.58 bits per heavy atom. The van der Waals surface area contributed by atoms with E-state index in [4.69, 9.17) is 4.42 Å². The first-order chi connectivity index (χ1) is 11.3. The van der Waals surface area contributed by atoms with E-state index < -0.39 is 15.1 Å². The van der Waals surface area contributed by atoms with Gasteiger partial charge < -0.3 is 9.52 Å². The molecule has 0 atom stereocenters. The second kappa shape index (κ2) is 5.72. The van der Waals surface area contributed by atoms with Gasteiger partial charge in [-0.15, -0.1) is 14.1 Å². The van der Waals surface area contributed by atoms with Gasteiger partial charge in [-0.25, -0.2) is 0 Å². The van der Waals surface area contributed by atoms with Gasteiger partial charge in [-0.3, -0.25) is 0 Å². The van der Waals surface area contributed by atoms with Gasteiger partial charge in [-0.1, -0.05) is 6.07 Å². The van der Waals surface area contributed by atoms with Crippen molar-refractivity contribution in [2.45, 2.75) is 18.7 Å². The second-order valence-corrected chi connectivity index (χ2v) is 6.68. The van der Waals surface area contributed by atoms with Crippen molar-refractivity contribution in [1.29, 1.82) is 0 Å². The van der Waals surface area contributed by atoms with Crippen LogP contribution >= 0.6 is 0 Å². The fourth-order valence-corrected chi connectivity index (χ4v) is 2.83. The molecule has 0 aliphatic rings. The van der Waals surface area contributed by atoms with E-state index in [1.54, 1.807) is 32.0 Å². The number of phenolic OH excluding ortho intramolecular Hbond substituents is 1. The van der Waals surface area contributed by atoms with Gasteiger partial charge in [0, 0.05) is 11.1 Å². The van der Waals surface area contributed by atoms with Crippen molar-refractivity contribution < 1.29 is 21.8 Å². The van der Waals surface area contributed by atoms with Crippen molar-refractivity contribution in [2.75, 3.05) is 0 Å². The maximum Gasteiger partial charge on any atom is 0.332 e. The van der Waals surface area contributed by atoms with Crippen LogP contribution in [0.25, 0.3) is 22.9 Å². The van der Waals surface area contributed by atoms with Crippen LogP contribution < -0.4 is 0 Å². The fraction of sp³-hybridized carbons (Fsp3) is 0.125. The summed E-state index contributed by atoms with van der Waals surface area (Å²) in [6, 6.07) is 8.59. The van der Waals surface area contributed by atoms with E-state index in [9.17, 15) is 17.4 Å². The van der Waals surface area contributed by atoms with Crippen LogP contribution in [0, 0.1) is 13.8 Å². The Bertz CT molecular complexity index is 1010. The number of halogens is 1. The van der Waals surface area contributed by atoms with Gasteiger partial charge in [-0.05, 0) is 55.3 Å². The zero-order valence-electron chi connectivity index (χ0n) is 12.8. The summed E-state index contributed by atoms with van der Waals surface area (Å²) in [7, 11) is -4.81. The highest BCUT2D eigenvalue weighted by atomic mass is 32.3. The van der Waals surface area contributed by atoms with Gasteiger partial charge in [0.25, 0.3) is 0 Å². The van der Waals surface area contributed by atoms with Crippen LogP contribution in [0.2, 0.25) is 0 Å². The first-order valence-corrected chi connectivity index (χ1v) is 8.33. The molecule has 1 heterocycles. The lowest BCUT2D eigenvalue weighted by molar-refractivity contribution is 0.467. The van der Waals surface area contributed by atoms with E-state index in [0.717, 1.165) is 12.1 Å². The number of rotatable bonds is 3. The minimum absolute atomic E-state index is 0.0684. The SMILES string of the molecule is Cc1cc(-c2nnc(-c3cccc(S(=O)(=O)F)c3)o2)cc(C)c1O. The monoisotopic (exact) mass is 348 g/mol. The summed E-state index contributed by atoms with van der Waals surface area (Å²) in [4.78, 5) is -0.476. The molecule has 0 radical (unpaired) electrons. The van der Waals surface area contributed by atoms with E-state index in [1.165, 1.54) is 6.07 Å². The van der Waals surface area contributed by atoms with Gasteiger partial charge in [0.05, 0.1) is 4.90 Å². The molecule has 0 saturated carbocycles. The molecule has 0 bridgehead atoms. The Labute approximate surface area is 137 Å². The number of phenols is 1. The minimum atomic E-state index is -4.81. The third-order valence-electron chi connectivity index (χ3n) is 3.53. The van der Waals surface area contributed by atoms with Gasteiger partial charge in [-0.2, -0.15) is 8.42 Å². The Morgan fingerprint density at radius 1 is 1.00 bits per heavy atom. The highest BCUT2D eigenvalue weighted by molar-refractivity contribution is 7.86. The summed E-state index contributed by atoms with van der Waals surface area (Å²) in [5.41, 5.74) is 2.24. The third kappa shape index (κ3) is 3.00. The van der Waals surface area contributed by atoms with Crippen LogP contribution in [-0.2, 0) is 10.2 Å². The van der Waals surface area contributed by atoms with Crippen molar-refractivity contribution in [3.05, 3.63) is 47.5 Å². The van der Waals surface area contributed by atoms with Crippen LogP contribution in [0.1, 0.15) is 11.1 Å². The summed E-state index contributed by atoms with van der Waals surface area (Å²) >= 11 is 0. The Hall–Kier alpha value is -2.74. The smallest absolute Gasteiger partial charge is 0.332 e. The number of nitrogens with zero attached hydrogens (tertiary/aromatic N) is 2. The maximum absolute atomic E-state index is 13.1. The quantitative estimate of drug-likeness (QED) is 0.729. The first kappa shape index (κ1) is 16.1.